The quantitative estimate of drug-likeness (QED) is 0.110. The zero-order valence-electron chi connectivity index (χ0n) is 25.0. The highest BCUT2D eigenvalue weighted by atomic mass is 19.1. The molecule has 2 N–H and O–H groups in total. The lowest BCUT2D eigenvalue weighted by molar-refractivity contribution is -0.137. The number of para-hydroxylation sites is 2. The molecule has 0 aliphatic heterocycles. The second kappa shape index (κ2) is 14.0. The topological polar surface area (TPSA) is 80.6 Å². The zero-order valence-corrected chi connectivity index (χ0v) is 25.0. The summed E-state index contributed by atoms with van der Waals surface area (Å²) in [7, 11) is 0. The number of hydrogen-bond acceptors (Lipinski definition) is 3. The Labute approximate surface area is 260 Å². The van der Waals surface area contributed by atoms with Crippen LogP contribution in [0.5, 0.6) is 5.75 Å². The molecule has 6 nitrogen and oxygen atoms in total. The van der Waals surface area contributed by atoms with E-state index in [0.29, 0.717) is 17.9 Å². The van der Waals surface area contributed by atoms with Gasteiger partial charge in [0.05, 0.1) is 18.3 Å². The number of nitrogens with zero attached hydrogens (tertiary/aromatic N) is 1. The number of hydrogen-bond donors (Lipinski definition) is 2. The Balaban J connectivity index is 1.43. The van der Waals surface area contributed by atoms with Crippen LogP contribution in [0.15, 0.2) is 109 Å². The standard InChI is InChI=1S/C37H34F2N2O4/c1-24(2)31(23-35(42)40-32-6-3-4-7-34(32)45-21-5-8-36(43)44)27-13-18-33-28(22-27)19-20-41(33)37(25-9-14-29(38)15-10-25)26-11-16-30(39)17-12-26/h3-4,6-7,9-20,22-24,37H,5,8,21H2,1-2H3,(H,40,42)(H,43,44)/b31-23+. The first kappa shape index (κ1) is 31.2. The molecule has 5 aromatic rings. The average molecular weight is 609 g/mol. The van der Waals surface area contributed by atoms with Gasteiger partial charge in [-0.3, -0.25) is 9.59 Å². The Morgan fingerprint density at radius 2 is 1.53 bits per heavy atom. The van der Waals surface area contributed by atoms with Crippen molar-refractivity contribution in [2.75, 3.05) is 11.9 Å². The van der Waals surface area contributed by atoms with Crippen LogP contribution in [-0.2, 0) is 9.59 Å². The predicted molar refractivity (Wildman–Crippen MR) is 172 cm³/mol. The summed E-state index contributed by atoms with van der Waals surface area (Å²) in [5, 5.41) is 12.7. The molecule has 45 heavy (non-hydrogen) atoms. The first-order valence-electron chi connectivity index (χ1n) is 14.8. The number of allylic oxidation sites excluding steroid dienone is 1. The SMILES string of the molecule is CC(C)/C(=C\C(=O)Nc1ccccc1OCCCC(=O)O)c1ccc2c(ccn2C(c2ccc(F)cc2)c2ccc(F)cc2)c1. The third-order valence-electron chi connectivity index (χ3n) is 7.55. The molecule has 1 heterocycles. The molecule has 0 aliphatic rings. The van der Waals surface area contributed by atoms with Gasteiger partial charge in [0.25, 0.3) is 0 Å². The van der Waals surface area contributed by atoms with Crippen molar-refractivity contribution in [3.8, 4) is 5.75 Å². The normalized spacial score (nSPS) is 11.7. The maximum absolute atomic E-state index is 13.8. The van der Waals surface area contributed by atoms with Gasteiger partial charge in [-0.25, -0.2) is 8.78 Å². The van der Waals surface area contributed by atoms with E-state index in [-0.39, 0.29) is 42.5 Å². The number of nitrogens with one attached hydrogen (secondary N) is 1. The van der Waals surface area contributed by atoms with Crippen molar-refractivity contribution in [1.82, 2.24) is 4.57 Å². The van der Waals surface area contributed by atoms with E-state index < -0.39 is 5.97 Å². The number of fused-ring (bicyclic) bond motifs is 1. The molecule has 0 atom stereocenters. The minimum atomic E-state index is -0.887. The van der Waals surface area contributed by atoms with Gasteiger partial charge in [-0.05, 0) is 89.2 Å². The van der Waals surface area contributed by atoms with Gasteiger partial charge in [-0.15, -0.1) is 0 Å². The molecule has 0 aliphatic carbocycles. The first-order valence-corrected chi connectivity index (χ1v) is 14.8. The fourth-order valence-electron chi connectivity index (χ4n) is 5.37. The van der Waals surface area contributed by atoms with Crippen LogP contribution in [0.2, 0.25) is 0 Å². The molecule has 0 fully saturated rings. The third-order valence-corrected chi connectivity index (χ3v) is 7.55. The second-order valence-corrected chi connectivity index (χ2v) is 11.1. The predicted octanol–water partition coefficient (Wildman–Crippen LogP) is 8.48. The Morgan fingerprint density at radius 1 is 0.889 bits per heavy atom. The number of rotatable bonds is 12. The van der Waals surface area contributed by atoms with E-state index in [1.165, 1.54) is 24.3 Å². The summed E-state index contributed by atoms with van der Waals surface area (Å²) >= 11 is 0. The number of carbonyl (C=O) groups is 2. The van der Waals surface area contributed by atoms with E-state index in [2.05, 4.69) is 9.88 Å². The fourth-order valence-corrected chi connectivity index (χ4v) is 5.37. The molecule has 0 radical (unpaired) electrons. The molecule has 0 saturated heterocycles. The van der Waals surface area contributed by atoms with E-state index in [1.807, 2.05) is 44.3 Å². The van der Waals surface area contributed by atoms with Crippen molar-refractivity contribution < 1.29 is 28.2 Å². The van der Waals surface area contributed by atoms with Crippen LogP contribution >= 0.6 is 0 Å². The lowest BCUT2D eigenvalue weighted by Crippen LogP contribution is -2.12. The molecule has 0 bridgehead atoms. The monoisotopic (exact) mass is 608 g/mol. The summed E-state index contributed by atoms with van der Waals surface area (Å²) in [5.41, 5.74) is 4.88. The van der Waals surface area contributed by atoms with E-state index in [0.717, 1.165) is 33.2 Å². The molecule has 1 amide bonds. The molecular formula is C37H34F2N2O4. The Morgan fingerprint density at radius 3 is 2.16 bits per heavy atom. The van der Waals surface area contributed by atoms with Gasteiger partial charge >= 0.3 is 5.97 Å². The summed E-state index contributed by atoms with van der Waals surface area (Å²) in [6.45, 7) is 4.26. The number of anilines is 1. The van der Waals surface area contributed by atoms with E-state index >= 15 is 0 Å². The summed E-state index contributed by atoms with van der Waals surface area (Å²) in [4.78, 5) is 24.0. The van der Waals surface area contributed by atoms with Crippen molar-refractivity contribution in [3.05, 3.63) is 138 Å². The third kappa shape index (κ3) is 7.65. The fraction of sp³-hybridized carbons (Fsp3) is 0.189. The van der Waals surface area contributed by atoms with Crippen LogP contribution in [0.3, 0.4) is 0 Å². The highest BCUT2D eigenvalue weighted by Crippen LogP contribution is 2.34. The molecular weight excluding hydrogens is 574 g/mol. The molecule has 8 heteroatoms. The molecule has 0 unspecified atom stereocenters. The molecule has 0 saturated carbocycles. The van der Waals surface area contributed by atoms with Crippen LogP contribution in [-0.4, -0.2) is 28.2 Å². The van der Waals surface area contributed by atoms with Crippen molar-refractivity contribution in [2.24, 2.45) is 5.92 Å². The van der Waals surface area contributed by atoms with Crippen LogP contribution in [0.1, 0.15) is 49.4 Å². The minimum absolute atomic E-state index is 0.00186. The number of carboxylic acids is 1. The van der Waals surface area contributed by atoms with Crippen molar-refractivity contribution >= 4 is 34.0 Å². The highest BCUT2D eigenvalue weighted by Gasteiger charge is 2.20. The van der Waals surface area contributed by atoms with E-state index in [4.69, 9.17) is 9.84 Å². The number of carbonyl (C=O) groups excluding carboxylic acids is 1. The second-order valence-electron chi connectivity index (χ2n) is 11.1. The van der Waals surface area contributed by atoms with Gasteiger partial charge in [0.2, 0.25) is 5.91 Å². The number of halogens is 2. The number of benzene rings is 4. The van der Waals surface area contributed by atoms with Crippen LogP contribution < -0.4 is 10.1 Å². The van der Waals surface area contributed by atoms with Gasteiger partial charge in [0.1, 0.15) is 17.4 Å². The number of amides is 1. The first-order chi connectivity index (χ1) is 21.7. The van der Waals surface area contributed by atoms with E-state index in [1.54, 1.807) is 54.6 Å². The van der Waals surface area contributed by atoms with Gasteiger partial charge in [0.15, 0.2) is 0 Å². The van der Waals surface area contributed by atoms with Gasteiger partial charge in [-0.1, -0.05) is 56.3 Å². The molecule has 5 rings (SSSR count). The van der Waals surface area contributed by atoms with Crippen LogP contribution in [0.4, 0.5) is 14.5 Å². The van der Waals surface area contributed by atoms with Crippen molar-refractivity contribution in [1.29, 1.82) is 0 Å². The average Bonchev–Trinajstić information content (AvgIpc) is 3.43. The Hall–Kier alpha value is -5.24. The number of aliphatic carboxylic acids is 1. The zero-order chi connectivity index (χ0) is 31.9. The van der Waals surface area contributed by atoms with Crippen LogP contribution in [0, 0.1) is 17.6 Å². The smallest absolute Gasteiger partial charge is 0.303 e. The summed E-state index contributed by atoms with van der Waals surface area (Å²) in [5.74, 6) is -1.36. The maximum atomic E-state index is 13.8. The van der Waals surface area contributed by atoms with Gasteiger partial charge < -0.3 is 19.7 Å². The van der Waals surface area contributed by atoms with Crippen molar-refractivity contribution in [2.45, 2.75) is 32.7 Å². The number of carboxylic acid groups (broad SMARTS) is 1. The van der Waals surface area contributed by atoms with Gasteiger partial charge in [-0.2, -0.15) is 0 Å². The highest BCUT2D eigenvalue weighted by molar-refractivity contribution is 6.05. The van der Waals surface area contributed by atoms with Crippen molar-refractivity contribution in [3.63, 3.8) is 0 Å². The minimum Gasteiger partial charge on any atom is -0.491 e. The lowest BCUT2D eigenvalue weighted by Gasteiger charge is -2.22. The molecule has 1 aromatic heterocycles. The lowest BCUT2D eigenvalue weighted by atomic mass is 9.93. The van der Waals surface area contributed by atoms with E-state index in [9.17, 15) is 18.4 Å². The molecule has 0 spiro atoms. The summed E-state index contributed by atoms with van der Waals surface area (Å²) < 4.78 is 35.4. The van der Waals surface area contributed by atoms with Gasteiger partial charge in [0, 0.05) is 29.6 Å². The summed E-state index contributed by atoms with van der Waals surface area (Å²) in [6, 6.07) is 27.4. The number of ether oxygens (including phenoxy) is 1. The molecule has 4 aromatic carbocycles. The largest absolute Gasteiger partial charge is 0.491 e. The van der Waals surface area contributed by atoms with Crippen LogP contribution in [0.25, 0.3) is 16.5 Å². The summed E-state index contributed by atoms with van der Waals surface area (Å²) in [6.07, 6.45) is 3.91. The Bertz CT molecular complexity index is 1780. The molecule has 230 valence electrons. The Kier molecular flexibility index (Phi) is 9.73. The number of aromatic nitrogens is 1. The maximum Gasteiger partial charge on any atom is 0.303 e.